The molecular formula is C26H46N2O4. The number of rotatable bonds is 8. The maximum absolute atomic E-state index is 11.9. The molecule has 6 nitrogen and oxygen atoms in total. The lowest BCUT2D eigenvalue weighted by molar-refractivity contribution is -0.153. The van der Waals surface area contributed by atoms with Gasteiger partial charge in [0.2, 0.25) is 11.8 Å². The molecule has 0 spiro atoms. The van der Waals surface area contributed by atoms with Gasteiger partial charge in [-0.25, -0.2) is 4.79 Å². The second kappa shape index (κ2) is 18.2. The molecule has 2 amide bonds. The molecule has 184 valence electrons. The Kier molecular flexibility index (Phi) is 18.1. The normalized spacial score (nSPS) is 11.0. The summed E-state index contributed by atoms with van der Waals surface area (Å²) in [5, 5.41) is 2.53. The lowest BCUT2D eigenvalue weighted by Gasteiger charge is -2.29. The molecule has 0 saturated heterocycles. The van der Waals surface area contributed by atoms with Crippen LogP contribution in [0.25, 0.3) is 0 Å². The summed E-state index contributed by atoms with van der Waals surface area (Å²) in [4.78, 5) is 36.2. The first kappa shape index (κ1) is 31.8. The van der Waals surface area contributed by atoms with Crippen molar-refractivity contribution in [1.82, 2.24) is 10.2 Å². The topological polar surface area (TPSA) is 75.7 Å². The SMILES string of the molecule is CC(C)C.CC(C)c1ccccc1.CCCC(=O)NCC(=O)N(C)[C@H](C(=O)OC)C(C)C. The lowest BCUT2D eigenvalue weighted by atomic mass is 10.0. The number of ether oxygens (including phenoxy) is 1. The van der Waals surface area contributed by atoms with Gasteiger partial charge in [-0.1, -0.05) is 85.7 Å². The van der Waals surface area contributed by atoms with Crippen LogP contribution in [0.2, 0.25) is 0 Å². The summed E-state index contributed by atoms with van der Waals surface area (Å²) < 4.78 is 4.69. The van der Waals surface area contributed by atoms with Crippen molar-refractivity contribution in [3.63, 3.8) is 0 Å². The van der Waals surface area contributed by atoms with Gasteiger partial charge in [-0.2, -0.15) is 0 Å². The van der Waals surface area contributed by atoms with Gasteiger partial charge in [0, 0.05) is 13.5 Å². The van der Waals surface area contributed by atoms with Crippen molar-refractivity contribution in [1.29, 1.82) is 0 Å². The Morgan fingerprint density at radius 2 is 1.47 bits per heavy atom. The molecule has 0 unspecified atom stereocenters. The van der Waals surface area contributed by atoms with Crippen molar-refractivity contribution in [3.05, 3.63) is 35.9 Å². The van der Waals surface area contributed by atoms with E-state index < -0.39 is 12.0 Å². The maximum atomic E-state index is 11.9. The summed E-state index contributed by atoms with van der Waals surface area (Å²) in [6.07, 6.45) is 1.12. The van der Waals surface area contributed by atoms with Crippen molar-refractivity contribution < 1.29 is 19.1 Å². The largest absolute Gasteiger partial charge is 0.467 e. The zero-order valence-corrected chi connectivity index (χ0v) is 21.9. The van der Waals surface area contributed by atoms with Crippen LogP contribution in [0.5, 0.6) is 0 Å². The molecule has 32 heavy (non-hydrogen) atoms. The van der Waals surface area contributed by atoms with Gasteiger partial charge in [-0.15, -0.1) is 0 Å². The minimum Gasteiger partial charge on any atom is -0.467 e. The molecule has 0 radical (unpaired) electrons. The summed E-state index contributed by atoms with van der Waals surface area (Å²) in [5.74, 6) is 0.502. The summed E-state index contributed by atoms with van der Waals surface area (Å²) >= 11 is 0. The highest BCUT2D eigenvalue weighted by molar-refractivity contribution is 5.88. The molecule has 0 bridgehead atoms. The number of hydrogen-bond acceptors (Lipinski definition) is 4. The summed E-state index contributed by atoms with van der Waals surface area (Å²) in [7, 11) is 2.83. The van der Waals surface area contributed by atoms with Crippen LogP contribution in [0.15, 0.2) is 30.3 Å². The van der Waals surface area contributed by atoms with Crippen molar-refractivity contribution >= 4 is 17.8 Å². The standard InChI is InChI=1S/C13H24N2O4.C9H12.C4H10/c1-6-7-10(16)14-8-11(17)15(4)12(9(2)3)13(18)19-5;1-8(2)9-6-4-3-5-7-9;1-4(2)3/h9,12H,6-8H2,1-5H3,(H,14,16);3-8H,1-2H3;4H,1-3H3/t12-;;/m0../s1. The molecule has 0 heterocycles. The minimum absolute atomic E-state index is 0.0623. The highest BCUT2D eigenvalue weighted by Gasteiger charge is 2.30. The number of carbonyl (C=O) groups is 3. The van der Waals surface area contributed by atoms with Gasteiger partial charge in [0.1, 0.15) is 6.04 Å². The zero-order valence-electron chi connectivity index (χ0n) is 21.9. The second-order valence-corrected chi connectivity index (χ2v) is 9.04. The van der Waals surface area contributed by atoms with Crippen molar-refractivity contribution in [2.45, 2.75) is 80.2 Å². The van der Waals surface area contributed by atoms with E-state index in [2.05, 4.69) is 68.9 Å². The van der Waals surface area contributed by atoms with Crippen LogP contribution >= 0.6 is 0 Å². The minimum atomic E-state index is -0.638. The molecule has 1 rings (SSSR count). The summed E-state index contributed by atoms with van der Waals surface area (Å²) in [6, 6.07) is 9.88. The number of hydrogen-bond donors (Lipinski definition) is 1. The number of nitrogens with zero attached hydrogens (tertiary/aromatic N) is 1. The van der Waals surface area contributed by atoms with Gasteiger partial charge >= 0.3 is 5.97 Å². The third-order valence-corrected chi connectivity index (χ3v) is 4.26. The Morgan fingerprint density at radius 1 is 0.969 bits per heavy atom. The molecule has 0 aliphatic carbocycles. The zero-order chi connectivity index (χ0) is 25.3. The first-order valence-corrected chi connectivity index (χ1v) is 11.5. The quantitative estimate of drug-likeness (QED) is 0.564. The maximum Gasteiger partial charge on any atom is 0.328 e. The summed E-state index contributed by atoms with van der Waals surface area (Å²) in [6.45, 7) is 16.4. The molecule has 0 aliphatic rings. The van der Waals surface area contributed by atoms with Crippen LogP contribution in [0.4, 0.5) is 0 Å². The molecular weight excluding hydrogens is 404 g/mol. The van der Waals surface area contributed by atoms with E-state index in [9.17, 15) is 14.4 Å². The van der Waals surface area contributed by atoms with E-state index in [-0.39, 0.29) is 24.3 Å². The Bertz CT molecular complexity index is 640. The fourth-order valence-electron chi connectivity index (χ4n) is 2.61. The number of nitrogens with one attached hydrogen (secondary N) is 1. The predicted molar refractivity (Wildman–Crippen MR) is 132 cm³/mol. The molecule has 0 aromatic heterocycles. The number of likely N-dealkylation sites (N-methyl/N-ethyl adjacent to an activating group) is 1. The van der Waals surface area contributed by atoms with E-state index in [0.717, 1.165) is 12.3 Å². The number of carbonyl (C=O) groups excluding carboxylic acids is 3. The smallest absolute Gasteiger partial charge is 0.328 e. The van der Waals surface area contributed by atoms with Crippen LogP contribution in [0, 0.1) is 11.8 Å². The Balaban J connectivity index is 0. The predicted octanol–water partition coefficient (Wildman–Crippen LogP) is 5.03. The average molecular weight is 451 g/mol. The molecule has 1 aromatic carbocycles. The number of benzene rings is 1. The fourth-order valence-corrected chi connectivity index (χ4v) is 2.61. The van der Waals surface area contributed by atoms with E-state index in [4.69, 9.17) is 0 Å². The molecule has 0 fully saturated rings. The van der Waals surface area contributed by atoms with Crippen molar-refractivity contribution in [2.75, 3.05) is 20.7 Å². The van der Waals surface area contributed by atoms with Gasteiger partial charge in [-0.3, -0.25) is 9.59 Å². The van der Waals surface area contributed by atoms with E-state index in [0.29, 0.717) is 12.3 Å². The van der Waals surface area contributed by atoms with Crippen molar-refractivity contribution in [3.8, 4) is 0 Å². The van der Waals surface area contributed by atoms with Gasteiger partial charge in [0.15, 0.2) is 0 Å². The molecule has 1 atom stereocenters. The van der Waals surface area contributed by atoms with E-state index in [1.165, 1.54) is 24.6 Å². The van der Waals surface area contributed by atoms with E-state index in [1.807, 2.05) is 26.8 Å². The molecule has 1 aromatic rings. The van der Waals surface area contributed by atoms with Crippen LogP contribution in [-0.4, -0.2) is 49.4 Å². The number of esters is 1. The van der Waals surface area contributed by atoms with Gasteiger partial charge in [0.25, 0.3) is 0 Å². The van der Waals surface area contributed by atoms with E-state index >= 15 is 0 Å². The Morgan fingerprint density at radius 3 is 1.81 bits per heavy atom. The van der Waals surface area contributed by atoms with Gasteiger partial charge in [-0.05, 0) is 29.7 Å². The fraction of sp³-hybridized carbons (Fsp3) is 0.654. The Labute approximate surface area is 196 Å². The molecule has 0 aliphatic heterocycles. The monoisotopic (exact) mass is 450 g/mol. The number of methoxy groups -OCH3 is 1. The highest BCUT2D eigenvalue weighted by Crippen LogP contribution is 2.12. The number of amides is 2. The molecule has 6 heteroatoms. The first-order chi connectivity index (χ1) is 14.9. The Hall–Kier alpha value is -2.37. The summed E-state index contributed by atoms with van der Waals surface area (Å²) in [5.41, 5.74) is 1.41. The molecule has 1 N–H and O–H groups in total. The van der Waals surface area contributed by atoms with Crippen LogP contribution in [0.3, 0.4) is 0 Å². The van der Waals surface area contributed by atoms with Crippen molar-refractivity contribution in [2.24, 2.45) is 11.8 Å². The van der Waals surface area contributed by atoms with Gasteiger partial charge < -0.3 is 15.0 Å². The highest BCUT2D eigenvalue weighted by atomic mass is 16.5. The lowest BCUT2D eigenvalue weighted by Crippen LogP contribution is -2.49. The van der Waals surface area contributed by atoms with Crippen LogP contribution in [-0.2, 0) is 19.1 Å². The van der Waals surface area contributed by atoms with Gasteiger partial charge in [0.05, 0.1) is 13.7 Å². The first-order valence-electron chi connectivity index (χ1n) is 11.5. The van der Waals surface area contributed by atoms with Crippen LogP contribution < -0.4 is 5.32 Å². The third kappa shape index (κ3) is 15.4. The van der Waals surface area contributed by atoms with Crippen LogP contribution in [0.1, 0.15) is 79.7 Å². The molecule has 0 saturated carbocycles. The second-order valence-electron chi connectivity index (χ2n) is 9.04. The van der Waals surface area contributed by atoms with E-state index in [1.54, 1.807) is 0 Å². The average Bonchev–Trinajstić information content (AvgIpc) is 2.72. The third-order valence-electron chi connectivity index (χ3n) is 4.26.